The summed E-state index contributed by atoms with van der Waals surface area (Å²) in [5.41, 5.74) is 4.25. The highest BCUT2D eigenvalue weighted by Crippen LogP contribution is 2.47. The predicted octanol–water partition coefficient (Wildman–Crippen LogP) is 5.45. The number of carbonyl (C=O) groups excluding carboxylic acids is 1. The number of aromatic hydroxyl groups is 1. The van der Waals surface area contributed by atoms with Crippen LogP contribution in [0.2, 0.25) is 0 Å². The van der Waals surface area contributed by atoms with Gasteiger partial charge in [-0.1, -0.05) is 18.2 Å². The van der Waals surface area contributed by atoms with Gasteiger partial charge in [0.2, 0.25) is 5.75 Å². The number of methoxy groups -OCH3 is 2. The highest BCUT2D eigenvalue weighted by molar-refractivity contribution is 7.10. The van der Waals surface area contributed by atoms with Crippen LogP contribution in [0.4, 0.5) is 11.4 Å². The molecule has 1 aliphatic carbocycles. The number of ether oxygens (including phenoxy) is 2. The van der Waals surface area contributed by atoms with Gasteiger partial charge in [0.1, 0.15) is 0 Å². The number of phenolic OH excluding ortho intramolecular Hbond substituents is 1. The van der Waals surface area contributed by atoms with Gasteiger partial charge in [0.05, 0.1) is 31.6 Å². The number of ketones is 1. The molecule has 2 aliphatic rings. The molecule has 164 valence electrons. The van der Waals surface area contributed by atoms with Crippen molar-refractivity contribution >= 4 is 28.5 Å². The van der Waals surface area contributed by atoms with Crippen molar-refractivity contribution in [2.45, 2.75) is 24.8 Å². The second-order valence-corrected chi connectivity index (χ2v) is 8.94. The monoisotopic (exact) mass is 448 g/mol. The number of benzene rings is 2. The summed E-state index contributed by atoms with van der Waals surface area (Å²) < 4.78 is 10.8. The Hall–Kier alpha value is -3.45. The first kappa shape index (κ1) is 20.5. The number of hydrogen-bond donors (Lipinski definition) is 3. The molecule has 0 amide bonds. The fourth-order valence-electron chi connectivity index (χ4n) is 4.55. The van der Waals surface area contributed by atoms with Gasteiger partial charge in [-0.2, -0.15) is 0 Å². The summed E-state index contributed by atoms with van der Waals surface area (Å²) in [7, 11) is 3.00. The van der Waals surface area contributed by atoms with E-state index in [-0.39, 0.29) is 17.5 Å². The maximum absolute atomic E-state index is 13.6. The Morgan fingerprint density at radius 2 is 1.72 bits per heavy atom. The van der Waals surface area contributed by atoms with E-state index >= 15 is 0 Å². The molecule has 0 saturated carbocycles. The third kappa shape index (κ3) is 3.48. The van der Waals surface area contributed by atoms with Gasteiger partial charge in [0.25, 0.3) is 0 Å². The molecule has 0 radical (unpaired) electrons. The number of para-hydroxylation sites is 2. The van der Waals surface area contributed by atoms with Crippen LogP contribution in [0, 0.1) is 0 Å². The summed E-state index contributed by atoms with van der Waals surface area (Å²) in [5.74, 6) is 0.798. The zero-order valence-electron chi connectivity index (χ0n) is 17.8. The summed E-state index contributed by atoms with van der Waals surface area (Å²) in [6.07, 6.45) is 1.21. The third-order valence-corrected chi connectivity index (χ3v) is 7.12. The molecule has 5 rings (SSSR count). The lowest BCUT2D eigenvalue weighted by Crippen LogP contribution is -2.26. The average Bonchev–Trinajstić information content (AvgIpc) is 3.28. The Kier molecular flexibility index (Phi) is 5.27. The number of allylic oxidation sites excluding steroid dienone is 1. The van der Waals surface area contributed by atoms with Crippen molar-refractivity contribution in [2.75, 3.05) is 24.9 Å². The fourth-order valence-corrected chi connectivity index (χ4v) is 5.38. The van der Waals surface area contributed by atoms with Crippen molar-refractivity contribution in [1.29, 1.82) is 0 Å². The first-order chi connectivity index (χ1) is 15.6. The topological polar surface area (TPSA) is 79.8 Å². The minimum absolute atomic E-state index is 0.0622. The van der Waals surface area contributed by atoms with Crippen LogP contribution in [0.1, 0.15) is 35.2 Å². The summed E-state index contributed by atoms with van der Waals surface area (Å²) >= 11 is 1.69. The van der Waals surface area contributed by atoms with Crippen molar-refractivity contribution in [1.82, 2.24) is 0 Å². The van der Waals surface area contributed by atoms with E-state index in [1.54, 1.807) is 23.5 Å². The first-order valence-corrected chi connectivity index (χ1v) is 11.3. The smallest absolute Gasteiger partial charge is 0.200 e. The van der Waals surface area contributed by atoms with E-state index in [0.29, 0.717) is 23.5 Å². The molecule has 3 N–H and O–H groups in total. The molecular formula is C25H24N2O4S. The van der Waals surface area contributed by atoms with Crippen LogP contribution in [-0.4, -0.2) is 25.1 Å². The molecule has 2 unspecified atom stereocenters. The van der Waals surface area contributed by atoms with Gasteiger partial charge in [0.15, 0.2) is 17.3 Å². The molecule has 32 heavy (non-hydrogen) atoms. The van der Waals surface area contributed by atoms with Crippen molar-refractivity contribution in [3.8, 4) is 17.2 Å². The summed E-state index contributed by atoms with van der Waals surface area (Å²) in [6, 6.07) is 15.2. The molecule has 1 aromatic heterocycles. The van der Waals surface area contributed by atoms with Gasteiger partial charge in [-0.05, 0) is 47.7 Å². The molecule has 0 fully saturated rings. The Balaban J connectivity index is 1.66. The second-order valence-electron chi connectivity index (χ2n) is 7.96. The van der Waals surface area contributed by atoms with E-state index in [4.69, 9.17) is 9.47 Å². The van der Waals surface area contributed by atoms with Gasteiger partial charge in [0, 0.05) is 28.5 Å². The number of nitrogens with one attached hydrogen (secondary N) is 2. The summed E-state index contributed by atoms with van der Waals surface area (Å²) in [6.45, 7) is 0. The number of hydrogen-bond acceptors (Lipinski definition) is 7. The third-order valence-electron chi connectivity index (χ3n) is 6.09. The van der Waals surface area contributed by atoms with Gasteiger partial charge in [-0.3, -0.25) is 4.79 Å². The zero-order valence-corrected chi connectivity index (χ0v) is 18.7. The van der Waals surface area contributed by atoms with E-state index in [0.717, 1.165) is 29.1 Å². The van der Waals surface area contributed by atoms with E-state index in [2.05, 4.69) is 22.1 Å². The fraction of sp³-hybridized carbons (Fsp3) is 0.240. The molecule has 0 spiro atoms. The van der Waals surface area contributed by atoms with E-state index in [9.17, 15) is 9.90 Å². The predicted molar refractivity (Wildman–Crippen MR) is 126 cm³/mol. The van der Waals surface area contributed by atoms with Crippen LogP contribution < -0.4 is 20.1 Å². The van der Waals surface area contributed by atoms with E-state index in [1.165, 1.54) is 19.1 Å². The van der Waals surface area contributed by atoms with Crippen LogP contribution in [0.15, 0.2) is 65.2 Å². The summed E-state index contributed by atoms with van der Waals surface area (Å²) in [5, 5.41) is 19.5. The van der Waals surface area contributed by atoms with Crippen molar-refractivity contribution in [2.24, 2.45) is 0 Å². The SMILES string of the molecule is COc1cc(C2Nc3ccccc3NC3=C2C(=O)CC(c2cccs2)C3)cc(OC)c1O. The zero-order chi connectivity index (χ0) is 22.2. The van der Waals surface area contributed by atoms with Crippen molar-refractivity contribution in [3.63, 3.8) is 0 Å². The van der Waals surface area contributed by atoms with E-state index in [1.807, 2.05) is 30.3 Å². The normalized spacial score (nSPS) is 19.9. The Morgan fingerprint density at radius 3 is 2.38 bits per heavy atom. The van der Waals surface area contributed by atoms with Crippen molar-refractivity contribution in [3.05, 3.63) is 75.6 Å². The quantitative estimate of drug-likeness (QED) is 0.493. The standard InChI is InChI=1S/C25H24N2O4S/c1-30-20-12-15(13-21(31-2)25(20)29)24-23-18(26-16-6-3-4-7-17(16)27-24)10-14(11-19(23)28)22-8-5-9-32-22/h3-9,12-14,24,26-27,29H,10-11H2,1-2H3. The van der Waals surface area contributed by atoms with Gasteiger partial charge >= 0.3 is 0 Å². The summed E-state index contributed by atoms with van der Waals surface area (Å²) in [4.78, 5) is 14.8. The lowest BCUT2D eigenvalue weighted by atomic mass is 9.80. The Bertz CT molecular complexity index is 1180. The van der Waals surface area contributed by atoms with Crippen LogP contribution >= 0.6 is 11.3 Å². The molecule has 7 heteroatoms. The lowest BCUT2D eigenvalue weighted by molar-refractivity contribution is -0.116. The molecule has 0 saturated heterocycles. The van der Waals surface area contributed by atoms with Gasteiger partial charge < -0.3 is 25.2 Å². The highest BCUT2D eigenvalue weighted by atomic mass is 32.1. The maximum atomic E-state index is 13.6. The largest absolute Gasteiger partial charge is 0.502 e. The van der Waals surface area contributed by atoms with E-state index < -0.39 is 6.04 Å². The molecule has 6 nitrogen and oxygen atoms in total. The molecule has 0 bridgehead atoms. The second kappa shape index (κ2) is 8.24. The number of carbonyl (C=O) groups is 1. The van der Waals surface area contributed by atoms with Crippen LogP contribution in [0.5, 0.6) is 17.2 Å². The first-order valence-electron chi connectivity index (χ1n) is 10.5. The highest BCUT2D eigenvalue weighted by Gasteiger charge is 2.37. The molecule has 2 heterocycles. The lowest BCUT2D eigenvalue weighted by Gasteiger charge is -2.29. The molecule has 2 atom stereocenters. The van der Waals surface area contributed by atoms with Crippen LogP contribution in [0.25, 0.3) is 0 Å². The number of phenols is 1. The van der Waals surface area contributed by atoms with Gasteiger partial charge in [-0.25, -0.2) is 0 Å². The van der Waals surface area contributed by atoms with Gasteiger partial charge in [-0.15, -0.1) is 11.3 Å². The number of fused-ring (bicyclic) bond motifs is 1. The molecule has 2 aromatic carbocycles. The molecule has 1 aliphatic heterocycles. The minimum atomic E-state index is -0.415. The molecular weight excluding hydrogens is 424 g/mol. The number of anilines is 2. The minimum Gasteiger partial charge on any atom is -0.502 e. The average molecular weight is 449 g/mol. The Morgan fingerprint density at radius 1 is 1.00 bits per heavy atom. The number of rotatable bonds is 4. The number of Topliss-reactive ketones (excluding diaryl/α,β-unsaturated/α-hetero) is 1. The van der Waals surface area contributed by atoms with Crippen LogP contribution in [0.3, 0.4) is 0 Å². The van der Waals surface area contributed by atoms with Crippen LogP contribution in [-0.2, 0) is 4.79 Å². The Labute approximate surface area is 190 Å². The molecule has 3 aromatic rings. The number of thiophene rings is 1. The maximum Gasteiger partial charge on any atom is 0.200 e. The van der Waals surface area contributed by atoms with Crippen molar-refractivity contribution < 1.29 is 19.4 Å².